The van der Waals surface area contributed by atoms with Gasteiger partial charge in [-0.2, -0.15) is 0 Å². The molecular weight excluding hydrogens is 442 g/mol. The number of ether oxygens (including phenoxy) is 2. The second-order valence-electron chi connectivity index (χ2n) is 8.31. The summed E-state index contributed by atoms with van der Waals surface area (Å²) in [6, 6.07) is 8.59. The van der Waals surface area contributed by atoms with E-state index in [2.05, 4.69) is 32.5 Å². The Morgan fingerprint density at radius 1 is 1.18 bits per heavy atom. The minimum Gasteiger partial charge on any atom is -0.493 e. The van der Waals surface area contributed by atoms with Gasteiger partial charge in [0.1, 0.15) is 12.1 Å². The maximum atomic E-state index is 12.7. The lowest BCUT2D eigenvalue weighted by atomic mass is 9.98. The fourth-order valence-electron chi connectivity index (χ4n) is 3.91. The molecule has 3 aromatic rings. The van der Waals surface area contributed by atoms with Crippen molar-refractivity contribution in [3.63, 3.8) is 0 Å². The molecule has 0 aliphatic carbocycles. The van der Waals surface area contributed by atoms with Gasteiger partial charge >= 0.3 is 6.03 Å². The number of methoxy groups -OCH3 is 1. The van der Waals surface area contributed by atoms with Gasteiger partial charge in [0.2, 0.25) is 0 Å². The molecule has 0 bridgehead atoms. The van der Waals surface area contributed by atoms with E-state index in [0.29, 0.717) is 51.5 Å². The lowest BCUT2D eigenvalue weighted by molar-refractivity contribution is 0.157. The number of hydrogen-bond donors (Lipinski definition) is 2. The first-order chi connectivity index (χ1) is 15.9. The molecule has 1 saturated heterocycles. The van der Waals surface area contributed by atoms with Crippen LogP contribution in [-0.2, 0) is 0 Å². The summed E-state index contributed by atoms with van der Waals surface area (Å²) in [6.45, 7) is 4.67. The summed E-state index contributed by atoms with van der Waals surface area (Å²) < 4.78 is 11.7. The summed E-state index contributed by atoms with van der Waals surface area (Å²) in [5, 5.41) is 6.68. The number of benzene rings is 2. The van der Waals surface area contributed by atoms with Crippen molar-refractivity contribution in [1.82, 2.24) is 14.9 Å². The zero-order valence-electron chi connectivity index (χ0n) is 19.0. The first-order valence-corrected chi connectivity index (χ1v) is 11.3. The number of nitrogens with zero attached hydrogens (tertiary/aromatic N) is 3. The largest absolute Gasteiger partial charge is 0.493 e. The minimum absolute atomic E-state index is 0.363. The smallest absolute Gasteiger partial charge is 0.324 e. The fraction of sp³-hybridized carbons (Fsp3) is 0.375. The number of urea groups is 1. The maximum Gasteiger partial charge on any atom is 0.324 e. The highest BCUT2D eigenvalue weighted by Gasteiger charge is 2.19. The number of piperidine rings is 1. The average molecular weight is 470 g/mol. The Kier molecular flexibility index (Phi) is 7.15. The highest BCUT2D eigenvalue weighted by atomic mass is 35.5. The number of anilines is 2. The number of amides is 2. The third-order valence-electron chi connectivity index (χ3n) is 5.93. The zero-order chi connectivity index (χ0) is 23.4. The molecule has 0 atom stereocenters. The molecule has 9 heteroatoms. The highest BCUT2D eigenvalue weighted by molar-refractivity contribution is 6.34. The Morgan fingerprint density at radius 3 is 2.70 bits per heavy atom. The highest BCUT2D eigenvalue weighted by Crippen LogP contribution is 2.35. The van der Waals surface area contributed by atoms with Crippen LogP contribution in [0.2, 0.25) is 5.02 Å². The van der Waals surface area contributed by atoms with Crippen LogP contribution in [0.4, 0.5) is 16.3 Å². The van der Waals surface area contributed by atoms with Crippen molar-refractivity contribution < 1.29 is 14.3 Å². The number of hydrogen-bond acceptors (Lipinski definition) is 6. The molecule has 1 aliphatic heterocycles. The predicted molar refractivity (Wildman–Crippen MR) is 131 cm³/mol. The molecule has 2 N–H and O–H groups in total. The molecule has 8 nitrogen and oxygen atoms in total. The molecule has 33 heavy (non-hydrogen) atoms. The number of likely N-dealkylation sites (tertiary alicyclic amines) is 1. The number of rotatable bonds is 6. The van der Waals surface area contributed by atoms with Crippen LogP contribution >= 0.6 is 11.6 Å². The Morgan fingerprint density at radius 2 is 1.97 bits per heavy atom. The topological polar surface area (TPSA) is 88.6 Å². The summed E-state index contributed by atoms with van der Waals surface area (Å²) in [7, 11) is 3.73. The molecule has 174 valence electrons. The van der Waals surface area contributed by atoms with Crippen LogP contribution in [0.1, 0.15) is 18.4 Å². The van der Waals surface area contributed by atoms with Gasteiger partial charge in [-0.3, -0.25) is 5.32 Å². The molecule has 0 unspecified atom stereocenters. The number of fused-ring (bicyclic) bond motifs is 1. The van der Waals surface area contributed by atoms with Crippen LogP contribution in [0.3, 0.4) is 0 Å². The van der Waals surface area contributed by atoms with Gasteiger partial charge in [0, 0.05) is 11.5 Å². The van der Waals surface area contributed by atoms with Gasteiger partial charge in [0.25, 0.3) is 0 Å². The van der Waals surface area contributed by atoms with E-state index in [1.807, 2.05) is 25.1 Å². The Hall–Kier alpha value is -3.10. The number of para-hydroxylation sites is 1. The quantitative estimate of drug-likeness (QED) is 0.530. The van der Waals surface area contributed by atoms with Crippen molar-refractivity contribution in [1.29, 1.82) is 0 Å². The predicted octanol–water partition coefficient (Wildman–Crippen LogP) is 4.96. The molecule has 2 amide bonds. The molecule has 0 radical (unpaired) electrons. The molecule has 2 heterocycles. The standard InChI is InChI=1S/C24H28ClN5O3/c1-15-5-4-6-18(25)22(15)28-24(31)29-23-17-11-20(32-3)21(12-19(17)26-14-27-23)33-13-16-7-9-30(2)10-8-16/h4-6,11-12,14,16H,7-10,13H2,1-3H3,(H2,26,27,28,29,31). The second-order valence-corrected chi connectivity index (χ2v) is 8.72. The van der Waals surface area contributed by atoms with E-state index < -0.39 is 6.03 Å². The third kappa shape index (κ3) is 5.46. The van der Waals surface area contributed by atoms with Crippen molar-refractivity contribution in [2.24, 2.45) is 5.92 Å². The lowest BCUT2D eigenvalue weighted by Crippen LogP contribution is -2.32. The van der Waals surface area contributed by atoms with E-state index in [4.69, 9.17) is 21.1 Å². The van der Waals surface area contributed by atoms with Gasteiger partial charge in [-0.25, -0.2) is 14.8 Å². The van der Waals surface area contributed by atoms with Gasteiger partial charge < -0.3 is 19.7 Å². The number of carbonyl (C=O) groups is 1. The molecule has 0 saturated carbocycles. The second kappa shape index (κ2) is 10.2. The Bertz CT molecular complexity index is 1130. The number of aromatic nitrogens is 2. The summed E-state index contributed by atoms with van der Waals surface area (Å²) in [4.78, 5) is 23.6. The van der Waals surface area contributed by atoms with E-state index in [-0.39, 0.29) is 0 Å². The number of carbonyl (C=O) groups excluding carboxylic acids is 1. The SMILES string of the molecule is COc1cc2c(NC(=O)Nc3c(C)cccc3Cl)ncnc2cc1OCC1CCN(C)CC1. The summed E-state index contributed by atoms with van der Waals surface area (Å²) >= 11 is 6.22. The van der Waals surface area contributed by atoms with Crippen molar-refractivity contribution in [2.45, 2.75) is 19.8 Å². The monoisotopic (exact) mass is 469 g/mol. The fourth-order valence-corrected chi connectivity index (χ4v) is 4.18. The van der Waals surface area contributed by atoms with Crippen LogP contribution in [0.5, 0.6) is 11.5 Å². The number of aryl methyl sites for hydroxylation is 1. The Labute approximate surface area is 198 Å². The maximum absolute atomic E-state index is 12.7. The first-order valence-electron chi connectivity index (χ1n) is 10.9. The summed E-state index contributed by atoms with van der Waals surface area (Å²) in [6.07, 6.45) is 3.64. The van der Waals surface area contributed by atoms with Crippen LogP contribution in [0, 0.1) is 12.8 Å². The van der Waals surface area contributed by atoms with E-state index in [0.717, 1.165) is 31.5 Å². The minimum atomic E-state index is -0.451. The Balaban J connectivity index is 1.52. The van der Waals surface area contributed by atoms with Crippen molar-refractivity contribution in [3.05, 3.63) is 47.2 Å². The van der Waals surface area contributed by atoms with E-state index in [1.54, 1.807) is 19.2 Å². The van der Waals surface area contributed by atoms with Crippen LogP contribution in [0.25, 0.3) is 10.9 Å². The first kappa shape index (κ1) is 23.1. The van der Waals surface area contributed by atoms with Gasteiger partial charge in [-0.15, -0.1) is 0 Å². The molecule has 1 aliphatic rings. The molecule has 1 aromatic heterocycles. The van der Waals surface area contributed by atoms with Gasteiger partial charge in [0.15, 0.2) is 11.5 Å². The third-order valence-corrected chi connectivity index (χ3v) is 6.24. The van der Waals surface area contributed by atoms with Crippen LogP contribution < -0.4 is 20.1 Å². The van der Waals surface area contributed by atoms with Gasteiger partial charge in [0.05, 0.1) is 29.9 Å². The van der Waals surface area contributed by atoms with Crippen molar-refractivity contribution in [2.75, 3.05) is 44.5 Å². The molecule has 4 rings (SSSR count). The van der Waals surface area contributed by atoms with Crippen molar-refractivity contribution in [3.8, 4) is 11.5 Å². The molecule has 2 aromatic carbocycles. The van der Waals surface area contributed by atoms with E-state index in [9.17, 15) is 4.79 Å². The summed E-state index contributed by atoms with van der Waals surface area (Å²) in [5.41, 5.74) is 2.06. The lowest BCUT2D eigenvalue weighted by Gasteiger charge is -2.28. The van der Waals surface area contributed by atoms with E-state index >= 15 is 0 Å². The van der Waals surface area contributed by atoms with Crippen LogP contribution in [0.15, 0.2) is 36.7 Å². The normalized spacial score (nSPS) is 14.8. The van der Waals surface area contributed by atoms with Gasteiger partial charge in [-0.05, 0) is 63.5 Å². The van der Waals surface area contributed by atoms with Crippen molar-refractivity contribution >= 4 is 40.0 Å². The van der Waals surface area contributed by atoms with E-state index in [1.165, 1.54) is 6.33 Å². The van der Waals surface area contributed by atoms with Crippen LogP contribution in [-0.4, -0.2) is 54.8 Å². The molecular formula is C24H28ClN5O3. The average Bonchev–Trinajstić information content (AvgIpc) is 2.81. The molecule has 1 fully saturated rings. The number of nitrogens with one attached hydrogen (secondary N) is 2. The zero-order valence-corrected chi connectivity index (χ0v) is 19.8. The number of halogens is 1. The molecule has 0 spiro atoms. The summed E-state index contributed by atoms with van der Waals surface area (Å²) in [5.74, 6) is 2.07. The van der Waals surface area contributed by atoms with Gasteiger partial charge in [-0.1, -0.05) is 23.7 Å².